The average Bonchev–Trinajstić information content (AvgIpc) is 2.70. The second-order valence-corrected chi connectivity index (χ2v) is 4.53. The summed E-state index contributed by atoms with van der Waals surface area (Å²) < 4.78 is 12.9. The van der Waals surface area contributed by atoms with Crippen molar-refractivity contribution >= 4 is 40.7 Å². The molecule has 0 atom stereocenters. The van der Waals surface area contributed by atoms with Crippen LogP contribution in [0.2, 0.25) is 5.02 Å². The van der Waals surface area contributed by atoms with Crippen LogP contribution < -0.4 is 5.32 Å². The lowest BCUT2D eigenvalue weighted by Crippen LogP contribution is -2.19. The van der Waals surface area contributed by atoms with Crippen LogP contribution in [0.5, 0.6) is 0 Å². The van der Waals surface area contributed by atoms with Crippen LogP contribution in [-0.2, 0) is 4.79 Å². The Morgan fingerprint density at radius 1 is 1.53 bits per heavy atom. The van der Waals surface area contributed by atoms with Gasteiger partial charge in [-0.25, -0.2) is 4.39 Å². The second kappa shape index (κ2) is 5.29. The predicted octanol–water partition coefficient (Wildman–Crippen LogP) is 2.03. The van der Waals surface area contributed by atoms with Crippen molar-refractivity contribution in [2.45, 2.75) is 0 Å². The van der Waals surface area contributed by atoms with Gasteiger partial charge in [-0.3, -0.25) is 4.79 Å². The molecule has 1 saturated heterocycles. The molecule has 4 nitrogen and oxygen atoms in total. The molecule has 1 fully saturated rings. The van der Waals surface area contributed by atoms with Crippen LogP contribution >= 0.6 is 23.4 Å². The Bertz CT molecular complexity index is 518. The van der Waals surface area contributed by atoms with Gasteiger partial charge in [0.15, 0.2) is 5.17 Å². The summed E-state index contributed by atoms with van der Waals surface area (Å²) in [5.74, 6) is -0.209. The number of halogens is 2. The van der Waals surface area contributed by atoms with Gasteiger partial charge in [-0.2, -0.15) is 5.10 Å². The lowest BCUT2D eigenvalue weighted by Gasteiger charge is -1.95. The van der Waals surface area contributed by atoms with Crippen LogP contribution in [-0.4, -0.2) is 23.0 Å². The molecular weight excluding hydrogens is 265 g/mol. The third-order valence-corrected chi connectivity index (χ3v) is 3.04. The number of carbonyl (C=O) groups excluding carboxylic acids is 1. The zero-order valence-electron chi connectivity index (χ0n) is 8.48. The first-order chi connectivity index (χ1) is 8.15. The van der Waals surface area contributed by atoms with Gasteiger partial charge in [-0.1, -0.05) is 29.4 Å². The zero-order valence-corrected chi connectivity index (χ0v) is 10.1. The molecule has 7 heteroatoms. The Labute approximate surface area is 106 Å². The van der Waals surface area contributed by atoms with E-state index in [2.05, 4.69) is 15.5 Å². The van der Waals surface area contributed by atoms with E-state index in [9.17, 15) is 9.18 Å². The Morgan fingerprint density at radius 2 is 2.35 bits per heavy atom. The molecule has 1 amide bonds. The second-order valence-electron chi connectivity index (χ2n) is 3.16. The molecule has 0 spiro atoms. The summed E-state index contributed by atoms with van der Waals surface area (Å²) >= 11 is 6.89. The lowest BCUT2D eigenvalue weighted by molar-refractivity contribution is -0.116. The molecule has 1 heterocycles. The maximum atomic E-state index is 12.9. The Morgan fingerprint density at radius 3 is 3.00 bits per heavy atom. The summed E-state index contributed by atoms with van der Waals surface area (Å²) in [6, 6.07) is 4.23. The molecular formula is C10H7ClFN3OS. The van der Waals surface area contributed by atoms with Gasteiger partial charge in [0, 0.05) is 0 Å². The predicted molar refractivity (Wildman–Crippen MR) is 67.0 cm³/mol. The van der Waals surface area contributed by atoms with Crippen LogP contribution in [0.1, 0.15) is 5.56 Å². The largest absolute Gasteiger partial charge is 0.303 e. The molecule has 1 aliphatic heterocycles. The fourth-order valence-corrected chi connectivity index (χ4v) is 1.94. The van der Waals surface area contributed by atoms with Gasteiger partial charge in [0.2, 0.25) is 5.91 Å². The molecule has 0 aliphatic carbocycles. The zero-order chi connectivity index (χ0) is 12.3. The number of rotatable bonds is 2. The molecule has 0 unspecified atom stereocenters. The van der Waals surface area contributed by atoms with Crippen LogP contribution in [0.25, 0.3) is 0 Å². The monoisotopic (exact) mass is 271 g/mol. The minimum atomic E-state index is -0.478. The molecule has 1 aromatic rings. The van der Waals surface area contributed by atoms with Gasteiger partial charge in [-0.05, 0) is 17.7 Å². The molecule has 17 heavy (non-hydrogen) atoms. The van der Waals surface area contributed by atoms with Crippen molar-refractivity contribution in [3.05, 3.63) is 34.6 Å². The molecule has 88 valence electrons. The van der Waals surface area contributed by atoms with E-state index in [1.54, 1.807) is 0 Å². The van der Waals surface area contributed by atoms with E-state index in [1.807, 2.05) is 0 Å². The smallest absolute Gasteiger partial charge is 0.236 e. The molecule has 2 rings (SSSR count). The van der Waals surface area contributed by atoms with Gasteiger partial charge in [0.1, 0.15) is 5.82 Å². The minimum Gasteiger partial charge on any atom is -0.303 e. The highest BCUT2D eigenvalue weighted by molar-refractivity contribution is 8.15. The first-order valence-corrected chi connectivity index (χ1v) is 6.00. The van der Waals surface area contributed by atoms with E-state index in [0.717, 1.165) is 0 Å². The maximum Gasteiger partial charge on any atom is 0.236 e. The number of nitrogens with zero attached hydrogens (tertiary/aromatic N) is 2. The van der Waals surface area contributed by atoms with E-state index in [0.29, 0.717) is 16.5 Å². The van der Waals surface area contributed by atoms with Crippen molar-refractivity contribution in [2.24, 2.45) is 10.2 Å². The molecule has 0 bridgehead atoms. The molecule has 0 radical (unpaired) electrons. The number of amides is 1. The number of benzene rings is 1. The van der Waals surface area contributed by atoms with Crippen LogP contribution in [0, 0.1) is 5.82 Å². The number of carbonyl (C=O) groups is 1. The van der Waals surface area contributed by atoms with E-state index >= 15 is 0 Å². The van der Waals surface area contributed by atoms with Crippen molar-refractivity contribution in [2.75, 3.05) is 5.75 Å². The SMILES string of the molecule is O=C1CSC(=NN=Cc2ccc(F)c(Cl)c2)N1. The number of thioether (sulfide) groups is 1. The van der Waals surface area contributed by atoms with Gasteiger partial charge in [-0.15, -0.1) is 5.10 Å². The molecule has 0 aromatic heterocycles. The van der Waals surface area contributed by atoms with Crippen molar-refractivity contribution in [1.82, 2.24) is 5.32 Å². The Hall–Kier alpha value is -1.40. The molecule has 0 saturated carbocycles. The third kappa shape index (κ3) is 3.28. The van der Waals surface area contributed by atoms with E-state index in [4.69, 9.17) is 11.6 Å². The molecule has 1 N–H and O–H groups in total. The lowest BCUT2D eigenvalue weighted by atomic mass is 10.2. The quantitative estimate of drug-likeness (QED) is 0.661. The summed E-state index contributed by atoms with van der Waals surface area (Å²) in [6.07, 6.45) is 1.43. The summed E-state index contributed by atoms with van der Waals surface area (Å²) in [5, 5.41) is 10.6. The highest BCUT2D eigenvalue weighted by atomic mass is 35.5. The van der Waals surface area contributed by atoms with E-state index < -0.39 is 5.82 Å². The van der Waals surface area contributed by atoms with Crippen molar-refractivity contribution < 1.29 is 9.18 Å². The summed E-state index contributed by atoms with van der Waals surface area (Å²) in [4.78, 5) is 10.8. The van der Waals surface area contributed by atoms with Gasteiger partial charge in [0.25, 0.3) is 0 Å². The van der Waals surface area contributed by atoms with E-state index in [-0.39, 0.29) is 10.9 Å². The maximum absolute atomic E-state index is 12.9. The normalized spacial score (nSPS) is 18.0. The van der Waals surface area contributed by atoms with Gasteiger partial charge >= 0.3 is 0 Å². The van der Waals surface area contributed by atoms with E-state index in [1.165, 1.54) is 36.2 Å². The standard InChI is InChI=1S/C10H7ClFN3OS/c11-7-3-6(1-2-8(7)12)4-13-15-10-14-9(16)5-17-10/h1-4H,5H2,(H,14,15,16). The fraction of sp³-hybridized carbons (Fsp3) is 0.100. The topological polar surface area (TPSA) is 53.8 Å². The molecule has 1 aliphatic rings. The minimum absolute atomic E-state index is 0.0325. The number of nitrogens with one attached hydrogen (secondary N) is 1. The van der Waals surface area contributed by atoms with Crippen LogP contribution in [0.3, 0.4) is 0 Å². The number of hydrogen-bond donors (Lipinski definition) is 1. The number of hydrogen-bond acceptors (Lipinski definition) is 4. The summed E-state index contributed by atoms with van der Waals surface area (Å²) in [5.41, 5.74) is 0.634. The van der Waals surface area contributed by atoms with Crippen molar-refractivity contribution in [3.63, 3.8) is 0 Å². The van der Waals surface area contributed by atoms with Crippen LogP contribution in [0.4, 0.5) is 4.39 Å². The van der Waals surface area contributed by atoms with Crippen molar-refractivity contribution in [3.8, 4) is 0 Å². The Balaban J connectivity index is 2.05. The summed E-state index contributed by atoms with van der Waals surface area (Å²) in [7, 11) is 0. The van der Waals surface area contributed by atoms with Gasteiger partial charge in [0.05, 0.1) is 17.0 Å². The average molecular weight is 272 g/mol. The number of amidine groups is 1. The first-order valence-electron chi connectivity index (χ1n) is 4.64. The van der Waals surface area contributed by atoms with Crippen LogP contribution in [0.15, 0.2) is 28.4 Å². The highest BCUT2D eigenvalue weighted by Gasteiger charge is 2.15. The Kier molecular flexibility index (Phi) is 3.75. The van der Waals surface area contributed by atoms with Crippen molar-refractivity contribution in [1.29, 1.82) is 0 Å². The summed E-state index contributed by atoms with van der Waals surface area (Å²) in [6.45, 7) is 0. The highest BCUT2D eigenvalue weighted by Crippen LogP contribution is 2.15. The first kappa shape index (κ1) is 12.1. The molecule has 1 aromatic carbocycles. The fourth-order valence-electron chi connectivity index (χ4n) is 1.12. The third-order valence-electron chi connectivity index (χ3n) is 1.89. The van der Waals surface area contributed by atoms with Gasteiger partial charge < -0.3 is 5.32 Å².